The molecule has 7 nitrogen and oxygen atoms in total. The number of aromatic nitrogens is 2. The Labute approximate surface area is 192 Å². The lowest BCUT2D eigenvalue weighted by molar-refractivity contribution is 0.410. The van der Waals surface area contributed by atoms with Gasteiger partial charge in [0.1, 0.15) is 16.4 Å². The van der Waals surface area contributed by atoms with Gasteiger partial charge in [0.15, 0.2) is 0 Å². The SMILES string of the molecule is COc1ccc(N=C(SCc2ccc(Cl)cc2Cl)c2c(O)n(C)c(=O)n(C)c2=O)cc1. The minimum atomic E-state index is -0.650. The van der Waals surface area contributed by atoms with Gasteiger partial charge in [-0.15, -0.1) is 11.8 Å². The third-order valence-electron chi connectivity index (χ3n) is 4.53. The molecule has 31 heavy (non-hydrogen) atoms. The van der Waals surface area contributed by atoms with Crippen LogP contribution >= 0.6 is 35.0 Å². The maximum atomic E-state index is 12.8. The number of rotatable bonds is 5. The molecule has 3 rings (SSSR count). The van der Waals surface area contributed by atoms with E-state index < -0.39 is 17.1 Å². The molecule has 1 heterocycles. The number of ether oxygens (including phenoxy) is 1. The predicted molar refractivity (Wildman–Crippen MR) is 126 cm³/mol. The Balaban J connectivity index is 2.11. The quantitative estimate of drug-likeness (QED) is 0.439. The largest absolute Gasteiger partial charge is 0.497 e. The lowest BCUT2D eigenvalue weighted by atomic mass is 10.2. The lowest BCUT2D eigenvalue weighted by Crippen LogP contribution is -2.39. The molecule has 0 unspecified atom stereocenters. The summed E-state index contributed by atoms with van der Waals surface area (Å²) in [4.78, 5) is 29.6. The van der Waals surface area contributed by atoms with Gasteiger partial charge in [-0.3, -0.25) is 13.9 Å². The molecule has 0 aliphatic rings. The van der Waals surface area contributed by atoms with Crippen LogP contribution in [0.4, 0.5) is 5.69 Å². The Morgan fingerprint density at radius 2 is 1.77 bits per heavy atom. The van der Waals surface area contributed by atoms with Crippen LogP contribution in [0.25, 0.3) is 0 Å². The van der Waals surface area contributed by atoms with Gasteiger partial charge in [0.25, 0.3) is 5.56 Å². The van der Waals surface area contributed by atoms with Crippen molar-refractivity contribution < 1.29 is 9.84 Å². The highest BCUT2D eigenvalue weighted by Crippen LogP contribution is 2.29. The standard InChI is InChI=1S/C21H19Cl2N3O4S/c1-25-19(27)17(20(28)26(2)21(25)29)18(24-14-6-8-15(30-3)9-7-14)31-11-12-4-5-13(22)10-16(12)23/h4-10,27H,11H2,1-3H3. The highest BCUT2D eigenvalue weighted by Gasteiger charge is 2.21. The van der Waals surface area contributed by atoms with Crippen LogP contribution in [-0.2, 0) is 19.8 Å². The molecule has 0 saturated carbocycles. The molecule has 0 amide bonds. The molecule has 162 valence electrons. The van der Waals surface area contributed by atoms with Crippen LogP contribution in [0.2, 0.25) is 10.0 Å². The first-order valence-corrected chi connectivity index (χ1v) is 10.8. The number of nitrogens with zero attached hydrogens (tertiary/aromatic N) is 3. The summed E-state index contributed by atoms with van der Waals surface area (Å²) < 4.78 is 7.08. The molecule has 3 aromatic rings. The summed E-state index contributed by atoms with van der Waals surface area (Å²) >= 11 is 13.4. The molecule has 0 aliphatic carbocycles. The second-order valence-electron chi connectivity index (χ2n) is 6.54. The zero-order chi connectivity index (χ0) is 22.7. The van der Waals surface area contributed by atoms with Gasteiger partial charge in [0.2, 0.25) is 5.88 Å². The maximum Gasteiger partial charge on any atom is 0.333 e. The van der Waals surface area contributed by atoms with E-state index in [1.807, 2.05) is 0 Å². The first-order chi connectivity index (χ1) is 14.7. The number of thioether (sulfide) groups is 1. The third kappa shape index (κ3) is 4.98. The average Bonchev–Trinajstić information content (AvgIpc) is 2.76. The third-order valence-corrected chi connectivity index (χ3v) is 6.14. The Bertz CT molecular complexity index is 1270. The van der Waals surface area contributed by atoms with Crippen molar-refractivity contribution in [3.63, 3.8) is 0 Å². The molecule has 2 aromatic carbocycles. The van der Waals surface area contributed by atoms with E-state index in [0.29, 0.717) is 27.2 Å². The van der Waals surface area contributed by atoms with Crippen molar-refractivity contribution in [3.05, 3.63) is 84.5 Å². The summed E-state index contributed by atoms with van der Waals surface area (Å²) in [5, 5.41) is 11.8. The van der Waals surface area contributed by atoms with E-state index >= 15 is 0 Å². The van der Waals surface area contributed by atoms with Crippen LogP contribution in [0.5, 0.6) is 11.6 Å². The van der Waals surface area contributed by atoms with Gasteiger partial charge in [-0.1, -0.05) is 29.3 Å². The molecular formula is C21H19Cl2N3O4S. The first-order valence-electron chi connectivity index (χ1n) is 9.01. The van der Waals surface area contributed by atoms with E-state index in [0.717, 1.165) is 14.7 Å². The minimum absolute atomic E-state index is 0.0736. The summed E-state index contributed by atoms with van der Waals surface area (Å²) in [6.07, 6.45) is 0. The van der Waals surface area contributed by atoms with Crippen LogP contribution in [0.1, 0.15) is 11.1 Å². The van der Waals surface area contributed by atoms with Gasteiger partial charge < -0.3 is 9.84 Å². The topological polar surface area (TPSA) is 85.8 Å². The number of halogens is 2. The van der Waals surface area contributed by atoms with Gasteiger partial charge in [0.05, 0.1) is 12.8 Å². The Morgan fingerprint density at radius 3 is 2.39 bits per heavy atom. The van der Waals surface area contributed by atoms with E-state index in [1.165, 1.54) is 25.9 Å². The second kappa shape index (κ2) is 9.64. The second-order valence-corrected chi connectivity index (χ2v) is 8.35. The van der Waals surface area contributed by atoms with E-state index in [9.17, 15) is 14.7 Å². The van der Waals surface area contributed by atoms with Crippen molar-refractivity contribution in [2.45, 2.75) is 5.75 Å². The molecule has 0 radical (unpaired) electrons. The molecule has 0 spiro atoms. The fourth-order valence-corrected chi connectivity index (χ4v) is 4.33. The van der Waals surface area contributed by atoms with Crippen molar-refractivity contribution in [3.8, 4) is 11.6 Å². The molecule has 0 fully saturated rings. The van der Waals surface area contributed by atoms with E-state index in [-0.39, 0.29) is 10.6 Å². The van der Waals surface area contributed by atoms with E-state index in [4.69, 9.17) is 27.9 Å². The summed E-state index contributed by atoms with van der Waals surface area (Å²) in [6.45, 7) is 0. The fourth-order valence-electron chi connectivity index (χ4n) is 2.74. The summed E-state index contributed by atoms with van der Waals surface area (Å²) in [5.74, 6) is 0.549. The Kier molecular flexibility index (Phi) is 7.15. The van der Waals surface area contributed by atoms with Crippen LogP contribution in [-0.4, -0.2) is 26.4 Å². The smallest absolute Gasteiger partial charge is 0.333 e. The molecule has 0 saturated heterocycles. The summed E-state index contributed by atoms with van der Waals surface area (Å²) in [7, 11) is 4.29. The molecule has 10 heteroatoms. The van der Waals surface area contributed by atoms with Crippen LogP contribution in [0.3, 0.4) is 0 Å². The number of benzene rings is 2. The van der Waals surface area contributed by atoms with E-state index in [1.54, 1.807) is 49.6 Å². The number of aromatic hydroxyl groups is 1. The number of hydrogen-bond donors (Lipinski definition) is 1. The number of hydrogen-bond acceptors (Lipinski definition) is 6. The van der Waals surface area contributed by atoms with Crippen molar-refractivity contribution in [2.24, 2.45) is 19.1 Å². The predicted octanol–water partition coefficient (Wildman–Crippen LogP) is 4.12. The van der Waals surface area contributed by atoms with Crippen LogP contribution < -0.4 is 16.0 Å². The van der Waals surface area contributed by atoms with E-state index in [2.05, 4.69) is 4.99 Å². The van der Waals surface area contributed by atoms with Crippen LogP contribution in [0.15, 0.2) is 57.0 Å². The average molecular weight is 480 g/mol. The first kappa shape index (κ1) is 23.0. The molecule has 1 aromatic heterocycles. The molecular weight excluding hydrogens is 461 g/mol. The summed E-state index contributed by atoms with van der Waals surface area (Å²) in [6, 6.07) is 12.0. The number of aliphatic imine (C=N–C) groups is 1. The van der Waals surface area contributed by atoms with Gasteiger partial charge >= 0.3 is 5.69 Å². The fraction of sp³-hybridized carbons (Fsp3) is 0.190. The normalized spacial score (nSPS) is 11.6. The summed E-state index contributed by atoms with van der Waals surface area (Å²) in [5.41, 5.74) is -0.0423. The van der Waals surface area contributed by atoms with Crippen molar-refractivity contribution in [2.75, 3.05) is 7.11 Å². The minimum Gasteiger partial charge on any atom is -0.497 e. The maximum absolute atomic E-state index is 12.8. The highest BCUT2D eigenvalue weighted by molar-refractivity contribution is 8.13. The van der Waals surface area contributed by atoms with Crippen molar-refractivity contribution >= 4 is 45.7 Å². The van der Waals surface area contributed by atoms with Crippen LogP contribution in [0, 0.1) is 0 Å². The van der Waals surface area contributed by atoms with Crippen molar-refractivity contribution in [1.82, 2.24) is 9.13 Å². The van der Waals surface area contributed by atoms with Gasteiger partial charge in [-0.05, 0) is 42.0 Å². The zero-order valence-corrected chi connectivity index (χ0v) is 19.3. The van der Waals surface area contributed by atoms with Gasteiger partial charge in [-0.25, -0.2) is 9.79 Å². The molecule has 0 aliphatic heterocycles. The van der Waals surface area contributed by atoms with Gasteiger partial charge in [0, 0.05) is 29.9 Å². The monoisotopic (exact) mass is 479 g/mol. The van der Waals surface area contributed by atoms with Gasteiger partial charge in [-0.2, -0.15) is 0 Å². The molecule has 0 atom stereocenters. The highest BCUT2D eigenvalue weighted by atomic mass is 35.5. The van der Waals surface area contributed by atoms with Crippen molar-refractivity contribution in [1.29, 1.82) is 0 Å². The lowest BCUT2D eigenvalue weighted by Gasteiger charge is -2.13. The molecule has 1 N–H and O–H groups in total. The Hall–Kier alpha value is -2.68. The number of methoxy groups -OCH3 is 1. The zero-order valence-electron chi connectivity index (χ0n) is 16.9. The Morgan fingerprint density at radius 1 is 1.10 bits per heavy atom. The molecule has 0 bridgehead atoms.